The van der Waals surface area contributed by atoms with Crippen molar-refractivity contribution in [1.29, 1.82) is 0 Å². The third-order valence-corrected chi connectivity index (χ3v) is 2.05. The summed E-state index contributed by atoms with van der Waals surface area (Å²) in [6.07, 6.45) is 3.02. The van der Waals surface area contributed by atoms with Crippen molar-refractivity contribution >= 4 is 0 Å². The van der Waals surface area contributed by atoms with Gasteiger partial charge in [-0.2, -0.15) is 0 Å². The normalized spacial score (nSPS) is 28.4. The molecule has 0 aromatic carbocycles. The number of halogens is 1. The van der Waals surface area contributed by atoms with Crippen LogP contribution in [0, 0.1) is 0 Å². The summed E-state index contributed by atoms with van der Waals surface area (Å²) in [6, 6.07) is 0. The molecule has 3 heteroatoms. The van der Waals surface area contributed by atoms with Crippen molar-refractivity contribution in [3.8, 4) is 0 Å². The average molecular weight is 161 g/mol. The molecule has 0 spiro atoms. The molecule has 0 radical (unpaired) electrons. The van der Waals surface area contributed by atoms with Crippen molar-refractivity contribution in [2.24, 2.45) is 5.73 Å². The predicted octanol–water partition coefficient (Wildman–Crippen LogP) is 1.24. The summed E-state index contributed by atoms with van der Waals surface area (Å²) < 4.78 is 18.1. The van der Waals surface area contributed by atoms with E-state index >= 15 is 0 Å². The van der Waals surface area contributed by atoms with Crippen LogP contribution in [0.3, 0.4) is 0 Å². The number of alkyl halides is 1. The minimum atomic E-state index is -0.877. The standard InChI is InChI=1S/C8H16FNO/c9-7(6-10)5-8-3-1-2-4-11-8/h7-8H,1-6,10H2/t7-,8+/m1/s1. The molecule has 1 aliphatic heterocycles. The van der Waals surface area contributed by atoms with Crippen molar-refractivity contribution in [1.82, 2.24) is 0 Å². The van der Waals surface area contributed by atoms with Crippen LogP contribution < -0.4 is 5.73 Å². The summed E-state index contributed by atoms with van der Waals surface area (Å²) in [5, 5.41) is 0. The van der Waals surface area contributed by atoms with Crippen LogP contribution in [0.5, 0.6) is 0 Å². The second-order valence-electron chi connectivity index (χ2n) is 3.06. The van der Waals surface area contributed by atoms with Crippen LogP contribution in [-0.4, -0.2) is 25.4 Å². The fourth-order valence-corrected chi connectivity index (χ4v) is 1.37. The van der Waals surface area contributed by atoms with E-state index in [1.165, 1.54) is 6.42 Å². The van der Waals surface area contributed by atoms with E-state index in [9.17, 15) is 4.39 Å². The number of hydrogen-bond acceptors (Lipinski definition) is 2. The summed E-state index contributed by atoms with van der Waals surface area (Å²) in [6.45, 7) is 0.918. The fourth-order valence-electron chi connectivity index (χ4n) is 1.37. The predicted molar refractivity (Wildman–Crippen MR) is 42.2 cm³/mol. The zero-order valence-electron chi connectivity index (χ0n) is 6.76. The molecule has 0 aromatic rings. The molecule has 1 fully saturated rings. The van der Waals surface area contributed by atoms with Gasteiger partial charge in [0.2, 0.25) is 0 Å². The van der Waals surface area contributed by atoms with Crippen molar-refractivity contribution < 1.29 is 9.13 Å². The highest BCUT2D eigenvalue weighted by atomic mass is 19.1. The first-order valence-corrected chi connectivity index (χ1v) is 4.28. The Morgan fingerprint density at radius 3 is 2.91 bits per heavy atom. The maximum Gasteiger partial charge on any atom is 0.115 e. The van der Waals surface area contributed by atoms with Gasteiger partial charge in [0, 0.05) is 19.6 Å². The van der Waals surface area contributed by atoms with E-state index in [2.05, 4.69) is 0 Å². The van der Waals surface area contributed by atoms with Gasteiger partial charge in [-0.1, -0.05) is 0 Å². The van der Waals surface area contributed by atoms with Crippen molar-refractivity contribution in [3.63, 3.8) is 0 Å². The minimum Gasteiger partial charge on any atom is -0.378 e. The Kier molecular flexibility index (Phi) is 3.80. The van der Waals surface area contributed by atoms with Gasteiger partial charge in [0.1, 0.15) is 6.17 Å². The van der Waals surface area contributed by atoms with Gasteiger partial charge in [-0.05, 0) is 19.3 Å². The summed E-state index contributed by atoms with van der Waals surface area (Å²) in [7, 11) is 0. The maximum atomic E-state index is 12.7. The molecule has 2 nitrogen and oxygen atoms in total. The molecule has 0 unspecified atom stereocenters. The molecule has 0 bridgehead atoms. The van der Waals surface area contributed by atoms with Crippen LogP contribution in [-0.2, 0) is 4.74 Å². The number of hydrogen-bond donors (Lipinski definition) is 1. The summed E-state index contributed by atoms with van der Waals surface area (Å²) >= 11 is 0. The fraction of sp³-hybridized carbons (Fsp3) is 1.00. The molecule has 0 saturated carbocycles. The third-order valence-electron chi connectivity index (χ3n) is 2.05. The van der Waals surface area contributed by atoms with Crippen LogP contribution >= 0.6 is 0 Å². The molecular weight excluding hydrogens is 145 g/mol. The van der Waals surface area contributed by atoms with Crippen LogP contribution in [0.4, 0.5) is 4.39 Å². The molecule has 1 saturated heterocycles. The smallest absolute Gasteiger partial charge is 0.115 e. The quantitative estimate of drug-likeness (QED) is 0.676. The first-order chi connectivity index (χ1) is 5.33. The Morgan fingerprint density at radius 1 is 1.55 bits per heavy atom. The van der Waals surface area contributed by atoms with Gasteiger partial charge in [0.25, 0.3) is 0 Å². The van der Waals surface area contributed by atoms with Crippen LogP contribution in [0.15, 0.2) is 0 Å². The van der Waals surface area contributed by atoms with Gasteiger partial charge in [0.15, 0.2) is 0 Å². The van der Waals surface area contributed by atoms with Gasteiger partial charge in [0.05, 0.1) is 6.10 Å². The third kappa shape index (κ3) is 3.16. The lowest BCUT2D eigenvalue weighted by Gasteiger charge is -2.23. The summed E-state index contributed by atoms with van der Waals surface area (Å²) in [5.74, 6) is 0. The average Bonchev–Trinajstić information content (AvgIpc) is 2.06. The van der Waals surface area contributed by atoms with E-state index in [1.807, 2.05) is 0 Å². The van der Waals surface area contributed by atoms with Gasteiger partial charge < -0.3 is 10.5 Å². The highest BCUT2D eigenvalue weighted by Gasteiger charge is 2.17. The second kappa shape index (κ2) is 4.67. The van der Waals surface area contributed by atoms with Gasteiger partial charge >= 0.3 is 0 Å². The number of ether oxygens (including phenoxy) is 1. The Morgan fingerprint density at radius 2 is 2.36 bits per heavy atom. The zero-order valence-corrected chi connectivity index (χ0v) is 6.76. The zero-order chi connectivity index (χ0) is 8.10. The molecule has 1 rings (SSSR count). The van der Waals surface area contributed by atoms with Gasteiger partial charge in [-0.3, -0.25) is 0 Å². The topological polar surface area (TPSA) is 35.2 Å². The largest absolute Gasteiger partial charge is 0.378 e. The van der Waals surface area contributed by atoms with Crippen LogP contribution in [0.2, 0.25) is 0 Å². The molecule has 2 N–H and O–H groups in total. The van der Waals surface area contributed by atoms with Gasteiger partial charge in [-0.15, -0.1) is 0 Å². The molecule has 2 atom stereocenters. The number of nitrogens with two attached hydrogens (primary N) is 1. The minimum absolute atomic E-state index is 0.125. The summed E-state index contributed by atoms with van der Waals surface area (Å²) in [4.78, 5) is 0. The maximum absolute atomic E-state index is 12.7. The molecule has 0 aliphatic carbocycles. The lowest BCUT2D eigenvalue weighted by molar-refractivity contribution is -0.00144. The van der Waals surface area contributed by atoms with Crippen molar-refractivity contribution in [3.05, 3.63) is 0 Å². The molecule has 11 heavy (non-hydrogen) atoms. The van der Waals surface area contributed by atoms with Crippen molar-refractivity contribution in [2.45, 2.75) is 38.0 Å². The van der Waals surface area contributed by atoms with Gasteiger partial charge in [-0.25, -0.2) is 4.39 Å². The van der Waals surface area contributed by atoms with E-state index in [1.54, 1.807) is 0 Å². The molecule has 0 amide bonds. The Balaban J connectivity index is 2.13. The Labute approximate surface area is 66.9 Å². The number of rotatable bonds is 3. The van der Waals surface area contributed by atoms with Crippen molar-refractivity contribution in [2.75, 3.05) is 13.2 Å². The van der Waals surface area contributed by atoms with E-state index in [-0.39, 0.29) is 12.6 Å². The van der Waals surface area contributed by atoms with E-state index < -0.39 is 6.17 Å². The lowest BCUT2D eigenvalue weighted by atomic mass is 10.0. The SMILES string of the molecule is NC[C@H](F)C[C@@H]1CCCCO1. The van der Waals surface area contributed by atoms with Crippen LogP contribution in [0.25, 0.3) is 0 Å². The first-order valence-electron chi connectivity index (χ1n) is 4.28. The lowest BCUT2D eigenvalue weighted by Crippen LogP contribution is -2.26. The van der Waals surface area contributed by atoms with E-state index in [0.717, 1.165) is 19.4 Å². The van der Waals surface area contributed by atoms with E-state index in [4.69, 9.17) is 10.5 Å². The highest BCUT2D eigenvalue weighted by Crippen LogP contribution is 2.17. The molecule has 0 aromatic heterocycles. The Bertz CT molecular complexity index is 104. The molecule has 1 aliphatic rings. The molecular formula is C8H16FNO. The monoisotopic (exact) mass is 161 g/mol. The summed E-state index contributed by atoms with van der Waals surface area (Å²) in [5.41, 5.74) is 5.16. The van der Waals surface area contributed by atoms with Crippen LogP contribution in [0.1, 0.15) is 25.7 Å². The molecule has 66 valence electrons. The second-order valence-corrected chi connectivity index (χ2v) is 3.06. The molecule has 1 heterocycles. The van der Waals surface area contributed by atoms with E-state index in [0.29, 0.717) is 6.42 Å². The Hall–Kier alpha value is -0.150. The first kappa shape index (κ1) is 8.94. The highest BCUT2D eigenvalue weighted by molar-refractivity contribution is 4.68.